The number of fused-ring (bicyclic) bond motifs is 2. The van der Waals surface area contributed by atoms with E-state index >= 15 is 0 Å². The van der Waals surface area contributed by atoms with E-state index < -0.39 is 0 Å². The first-order chi connectivity index (χ1) is 18.3. The average Bonchev–Trinajstić information content (AvgIpc) is 3.54. The highest BCUT2D eigenvalue weighted by molar-refractivity contribution is 6.35. The van der Waals surface area contributed by atoms with Crippen LogP contribution in [-0.4, -0.2) is 54.7 Å². The normalized spacial score (nSPS) is 17.6. The molecule has 1 saturated heterocycles. The Morgan fingerprint density at radius 2 is 1.97 bits per heavy atom. The molecule has 2 aliphatic heterocycles. The van der Waals surface area contributed by atoms with E-state index in [0.717, 1.165) is 81.2 Å². The number of aryl methyl sites for hydroxylation is 2. The summed E-state index contributed by atoms with van der Waals surface area (Å²) in [7, 11) is 1.91. The van der Waals surface area contributed by atoms with Crippen LogP contribution in [0.15, 0.2) is 42.2 Å². The molecule has 38 heavy (non-hydrogen) atoms. The van der Waals surface area contributed by atoms with Crippen molar-refractivity contribution in [2.45, 2.75) is 39.3 Å². The van der Waals surface area contributed by atoms with Gasteiger partial charge in [0, 0.05) is 65.7 Å². The fourth-order valence-corrected chi connectivity index (χ4v) is 6.84. The van der Waals surface area contributed by atoms with Crippen molar-refractivity contribution in [3.8, 4) is 22.5 Å². The van der Waals surface area contributed by atoms with Crippen LogP contribution in [0.1, 0.15) is 41.3 Å². The number of carbonyl (C=O) groups is 1. The number of hydrogen-bond donors (Lipinski definition) is 0. The number of likely N-dealkylation sites (tertiary alicyclic amines) is 1. The summed E-state index contributed by atoms with van der Waals surface area (Å²) in [4.78, 5) is 23.2. The molecule has 8 nitrogen and oxygen atoms in total. The van der Waals surface area contributed by atoms with Crippen LogP contribution in [-0.2, 0) is 18.4 Å². The van der Waals surface area contributed by atoms with E-state index in [0.29, 0.717) is 6.54 Å². The van der Waals surface area contributed by atoms with Crippen LogP contribution >= 0.6 is 11.6 Å². The quantitative estimate of drug-likeness (QED) is 0.349. The van der Waals surface area contributed by atoms with E-state index in [1.165, 1.54) is 11.6 Å². The summed E-state index contributed by atoms with van der Waals surface area (Å²) in [6.45, 7) is 10.0. The first-order valence-electron chi connectivity index (χ1n) is 12.9. The molecule has 0 N–H and O–H groups in total. The molecule has 7 rings (SSSR count). The fourth-order valence-electron chi connectivity index (χ4n) is 6.59. The second kappa shape index (κ2) is 8.11. The Morgan fingerprint density at radius 1 is 1.18 bits per heavy atom. The number of carbonyl (C=O) groups excluding carboxylic acids is 1. The van der Waals surface area contributed by atoms with Crippen LogP contribution in [0.2, 0.25) is 5.02 Å². The summed E-state index contributed by atoms with van der Waals surface area (Å²) in [6.07, 6.45) is 9.13. The van der Waals surface area contributed by atoms with Gasteiger partial charge in [0.05, 0.1) is 29.5 Å². The molecule has 5 heterocycles. The number of nitrogens with zero attached hydrogens (tertiary/aromatic N) is 7. The SMILES string of the molecule is C=CC(=O)N1CC2(CC(n3nc(-c4cc5cn(C)nc5cn4)c(-c4c(Cl)c(C)cc5c4C=NC5)c3C)C2)C1. The number of hydrogen-bond acceptors (Lipinski definition) is 5. The maximum Gasteiger partial charge on any atom is 0.245 e. The topological polar surface area (TPSA) is 81.2 Å². The summed E-state index contributed by atoms with van der Waals surface area (Å²) in [6, 6.07) is 4.45. The molecule has 0 bridgehead atoms. The van der Waals surface area contributed by atoms with E-state index in [4.69, 9.17) is 21.7 Å². The second-order valence-corrected chi connectivity index (χ2v) is 11.4. The Kier molecular flexibility index (Phi) is 4.98. The van der Waals surface area contributed by atoms with Gasteiger partial charge in [0.2, 0.25) is 5.91 Å². The highest BCUT2D eigenvalue weighted by Crippen LogP contribution is 2.55. The van der Waals surface area contributed by atoms with E-state index in [-0.39, 0.29) is 17.4 Å². The Bertz CT molecular complexity index is 1700. The third-order valence-corrected chi connectivity index (χ3v) is 8.91. The molecule has 0 unspecified atom stereocenters. The van der Waals surface area contributed by atoms with Gasteiger partial charge in [-0.1, -0.05) is 24.2 Å². The standard InChI is InChI=1S/C29H28ClN7O/c1-5-24(38)36-14-29(15-36)8-20(9-29)37-17(3)25(26-21-11-31-10-18(21)6-16(2)27(26)30)28(34-37)22-7-19-13-35(4)33-23(19)12-32-22/h5-7,11-13,20H,1,8-10,14-15H2,2-4H3. The van der Waals surface area contributed by atoms with Crippen molar-refractivity contribution >= 4 is 34.6 Å². The molecule has 1 saturated carbocycles. The van der Waals surface area contributed by atoms with Gasteiger partial charge >= 0.3 is 0 Å². The molecule has 4 aromatic rings. The van der Waals surface area contributed by atoms with Gasteiger partial charge in [-0.15, -0.1) is 0 Å². The monoisotopic (exact) mass is 525 g/mol. The molecule has 1 aliphatic carbocycles. The number of halogens is 1. The van der Waals surface area contributed by atoms with Gasteiger partial charge in [-0.2, -0.15) is 10.2 Å². The number of aliphatic imine (C=N–C) groups is 1. The largest absolute Gasteiger partial charge is 0.338 e. The van der Waals surface area contributed by atoms with Crippen LogP contribution in [0.4, 0.5) is 0 Å². The fraction of sp³-hybridized carbons (Fsp3) is 0.345. The third-order valence-electron chi connectivity index (χ3n) is 8.42. The zero-order chi connectivity index (χ0) is 26.3. The Morgan fingerprint density at radius 3 is 2.74 bits per heavy atom. The lowest BCUT2D eigenvalue weighted by Crippen LogP contribution is -2.63. The average molecular weight is 526 g/mol. The van der Waals surface area contributed by atoms with Crippen molar-refractivity contribution in [3.05, 3.63) is 64.6 Å². The van der Waals surface area contributed by atoms with Gasteiger partial charge in [-0.05, 0) is 50.0 Å². The lowest BCUT2D eigenvalue weighted by Gasteiger charge is -2.58. The van der Waals surface area contributed by atoms with Gasteiger partial charge in [0.1, 0.15) is 11.2 Å². The van der Waals surface area contributed by atoms with Gasteiger partial charge in [-0.3, -0.25) is 24.1 Å². The van der Waals surface area contributed by atoms with Crippen LogP contribution < -0.4 is 0 Å². The third kappa shape index (κ3) is 3.32. The molecule has 1 aromatic carbocycles. The van der Waals surface area contributed by atoms with Gasteiger partial charge in [0.25, 0.3) is 0 Å². The Hall–Kier alpha value is -3.78. The lowest BCUT2D eigenvalue weighted by molar-refractivity contribution is -0.149. The minimum absolute atomic E-state index is 0.0143. The van der Waals surface area contributed by atoms with Gasteiger partial charge in [0.15, 0.2) is 0 Å². The highest BCUT2D eigenvalue weighted by Gasteiger charge is 2.54. The number of rotatable bonds is 4. The first kappa shape index (κ1) is 23.3. The second-order valence-electron chi connectivity index (χ2n) is 11.1. The van der Waals surface area contributed by atoms with E-state index in [1.807, 2.05) is 37.5 Å². The zero-order valence-corrected chi connectivity index (χ0v) is 22.5. The molecular formula is C29H28ClN7O. The number of benzene rings is 1. The Labute approximate surface area is 225 Å². The predicted octanol–water partition coefficient (Wildman–Crippen LogP) is 5.05. The van der Waals surface area contributed by atoms with Crippen molar-refractivity contribution in [1.29, 1.82) is 0 Å². The summed E-state index contributed by atoms with van der Waals surface area (Å²) < 4.78 is 3.97. The van der Waals surface area contributed by atoms with Crippen molar-refractivity contribution < 1.29 is 4.79 Å². The summed E-state index contributed by atoms with van der Waals surface area (Å²) in [5.74, 6) is 0.0143. The van der Waals surface area contributed by atoms with Crippen molar-refractivity contribution in [2.75, 3.05) is 13.1 Å². The number of aromatic nitrogens is 5. The minimum Gasteiger partial charge on any atom is -0.338 e. The predicted molar refractivity (Wildman–Crippen MR) is 148 cm³/mol. The van der Waals surface area contributed by atoms with Gasteiger partial charge < -0.3 is 4.90 Å². The van der Waals surface area contributed by atoms with E-state index in [9.17, 15) is 4.79 Å². The van der Waals surface area contributed by atoms with Crippen LogP contribution in [0.5, 0.6) is 0 Å². The molecule has 3 aliphatic rings. The van der Waals surface area contributed by atoms with Crippen LogP contribution in [0, 0.1) is 19.3 Å². The highest BCUT2D eigenvalue weighted by atomic mass is 35.5. The lowest BCUT2D eigenvalue weighted by atomic mass is 9.60. The molecule has 0 radical (unpaired) electrons. The zero-order valence-electron chi connectivity index (χ0n) is 21.7. The van der Waals surface area contributed by atoms with Crippen molar-refractivity contribution in [1.82, 2.24) is 29.4 Å². The molecule has 1 amide bonds. The number of amides is 1. The van der Waals surface area contributed by atoms with Gasteiger partial charge in [-0.25, -0.2) is 0 Å². The molecule has 2 fully saturated rings. The molecular weight excluding hydrogens is 498 g/mol. The number of pyridine rings is 1. The summed E-state index contributed by atoms with van der Waals surface area (Å²) in [5, 5.41) is 11.4. The first-order valence-corrected chi connectivity index (χ1v) is 13.3. The molecule has 3 aromatic heterocycles. The van der Waals surface area contributed by atoms with Crippen molar-refractivity contribution in [2.24, 2.45) is 17.5 Å². The molecule has 192 valence electrons. The maximum atomic E-state index is 12.0. The summed E-state index contributed by atoms with van der Waals surface area (Å²) in [5.41, 5.74) is 8.99. The van der Waals surface area contributed by atoms with Crippen molar-refractivity contribution in [3.63, 3.8) is 0 Å². The Balaban J connectivity index is 1.35. The molecule has 1 spiro atoms. The maximum absolute atomic E-state index is 12.0. The molecule has 9 heteroatoms. The minimum atomic E-state index is 0.0143. The molecule has 0 atom stereocenters. The summed E-state index contributed by atoms with van der Waals surface area (Å²) >= 11 is 7.04. The van der Waals surface area contributed by atoms with Crippen LogP contribution in [0.25, 0.3) is 33.4 Å². The smallest absolute Gasteiger partial charge is 0.245 e. The van der Waals surface area contributed by atoms with E-state index in [1.54, 1.807) is 4.68 Å². The van der Waals surface area contributed by atoms with Crippen LogP contribution in [0.3, 0.4) is 0 Å². The van der Waals surface area contributed by atoms with E-state index in [2.05, 4.69) is 40.4 Å².